The van der Waals surface area contributed by atoms with Gasteiger partial charge in [0.2, 0.25) is 0 Å². The molecule has 2 aromatic rings. The molecular formula is C19H23ClN4O3. The Kier molecular flexibility index (Phi) is 6.01. The number of piperidine rings is 1. The smallest absolute Gasteiger partial charge is 0.409 e. The van der Waals surface area contributed by atoms with Crippen molar-refractivity contribution >= 4 is 23.6 Å². The summed E-state index contributed by atoms with van der Waals surface area (Å²) < 4.78 is 6.37. The molecule has 0 saturated carbocycles. The molecular weight excluding hydrogens is 368 g/mol. The zero-order valence-corrected chi connectivity index (χ0v) is 16.2. The third kappa shape index (κ3) is 4.42. The van der Waals surface area contributed by atoms with Crippen molar-refractivity contribution in [2.75, 3.05) is 20.2 Å². The first kappa shape index (κ1) is 19.2. The summed E-state index contributed by atoms with van der Waals surface area (Å²) in [6, 6.07) is 9.82. The van der Waals surface area contributed by atoms with Gasteiger partial charge >= 0.3 is 6.09 Å². The van der Waals surface area contributed by atoms with Crippen LogP contribution in [0.3, 0.4) is 0 Å². The van der Waals surface area contributed by atoms with E-state index < -0.39 is 0 Å². The Balaban J connectivity index is 1.64. The standard InChI is InChI=1S/C19H23ClN4O3/c1-13-16(17(20)24(22-13)12-14-6-4-3-5-7-14)18(25)21-15-8-10-23(11-9-15)19(26)27-2/h3-7,15H,8-12H2,1-2H3,(H,21,25). The third-order valence-electron chi connectivity index (χ3n) is 4.73. The highest BCUT2D eigenvalue weighted by Crippen LogP contribution is 2.22. The molecule has 0 spiro atoms. The van der Waals surface area contributed by atoms with Gasteiger partial charge in [0.1, 0.15) is 5.15 Å². The van der Waals surface area contributed by atoms with E-state index in [0.717, 1.165) is 5.56 Å². The van der Waals surface area contributed by atoms with Crippen molar-refractivity contribution in [3.8, 4) is 0 Å². The lowest BCUT2D eigenvalue weighted by Crippen LogP contribution is -2.46. The summed E-state index contributed by atoms with van der Waals surface area (Å²) in [5, 5.41) is 7.77. The number of carbonyl (C=O) groups excluding carboxylic acids is 2. The normalized spacial score (nSPS) is 14.9. The van der Waals surface area contributed by atoms with Gasteiger partial charge in [-0.25, -0.2) is 9.48 Å². The Morgan fingerprint density at radius 2 is 1.93 bits per heavy atom. The second-order valence-corrected chi connectivity index (χ2v) is 6.96. The number of hydrogen-bond donors (Lipinski definition) is 1. The van der Waals surface area contributed by atoms with Crippen LogP contribution in [0.15, 0.2) is 30.3 Å². The number of nitrogens with zero attached hydrogens (tertiary/aromatic N) is 3. The fourth-order valence-corrected chi connectivity index (χ4v) is 3.59. The number of aryl methyl sites for hydroxylation is 1. The minimum Gasteiger partial charge on any atom is -0.453 e. The van der Waals surface area contributed by atoms with Gasteiger partial charge in [0, 0.05) is 19.1 Å². The number of benzene rings is 1. The van der Waals surface area contributed by atoms with Crippen molar-refractivity contribution in [1.29, 1.82) is 0 Å². The van der Waals surface area contributed by atoms with Crippen molar-refractivity contribution in [2.45, 2.75) is 32.4 Å². The van der Waals surface area contributed by atoms with Crippen molar-refractivity contribution < 1.29 is 14.3 Å². The highest BCUT2D eigenvalue weighted by atomic mass is 35.5. The number of ether oxygens (including phenoxy) is 1. The van der Waals surface area contributed by atoms with Crippen LogP contribution in [0.5, 0.6) is 0 Å². The second-order valence-electron chi connectivity index (χ2n) is 6.60. The maximum absolute atomic E-state index is 12.7. The quantitative estimate of drug-likeness (QED) is 0.870. The molecule has 0 aliphatic carbocycles. The Bertz CT molecular complexity index is 814. The number of likely N-dealkylation sites (tertiary alicyclic amines) is 1. The van der Waals surface area contributed by atoms with Crippen LogP contribution in [0.1, 0.15) is 34.5 Å². The summed E-state index contributed by atoms with van der Waals surface area (Å²) in [5.41, 5.74) is 2.06. The summed E-state index contributed by atoms with van der Waals surface area (Å²) in [7, 11) is 1.37. The van der Waals surface area contributed by atoms with E-state index in [9.17, 15) is 9.59 Å². The Morgan fingerprint density at radius 3 is 2.56 bits per heavy atom. The summed E-state index contributed by atoms with van der Waals surface area (Å²) in [6.07, 6.45) is 1.02. The number of hydrogen-bond acceptors (Lipinski definition) is 4. The van der Waals surface area contributed by atoms with E-state index in [2.05, 4.69) is 10.4 Å². The lowest BCUT2D eigenvalue weighted by atomic mass is 10.0. The van der Waals surface area contributed by atoms with Crippen LogP contribution in [0.2, 0.25) is 5.15 Å². The molecule has 1 aliphatic heterocycles. The van der Waals surface area contributed by atoms with Gasteiger partial charge in [-0.05, 0) is 25.3 Å². The molecule has 27 heavy (non-hydrogen) atoms. The maximum atomic E-state index is 12.7. The lowest BCUT2D eigenvalue weighted by molar-refractivity contribution is 0.0892. The van der Waals surface area contributed by atoms with Crippen LogP contribution >= 0.6 is 11.6 Å². The third-order valence-corrected chi connectivity index (χ3v) is 5.11. The van der Waals surface area contributed by atoms with Crippen molar-refractivity contribution in [1.82, 2.24) is 20.0 Å². The maximum Gasteiger partial charge on any atom is 0.409 e. The first-order chi connectivity index (χ1) is 13.0. The molecule has 1 aromatic heterocycles. The molecule has 8 heteroatoms. The number of aromatic nitrogens is 2. The lowest BCUT2D eigenvalue weighted by Gasteiger charge is -2.31. The summed E-state index contributed by atoms with van der Waals surface area (Å²) in [4.78, 5) is 25.9. The van der Waals surface area contributed by atoms with E-state index >= 15 is 0 Å². The van der Waals surface area contributed by atoms with E-state index in [0.29, 0.717) is 48.9 Å². The summed E-state index contributed by atoms with van der Waals surface area (Å²) in [5.74, 6) is -0.228. The Hall–Kier alpha value is -2.54. The molecule has 0 atom stereocenters. The molecule has 0 unspecified atom stereocenters. The number of amides is 2. The predicted octanol–water partition coefficient (Wildman–Crippen LogP) is 2.85. The highest BCUT2D eigenvalue weighted by molar-refractivity contribution is 6.33. The number of rotatable bonds is 4. The zero-order chi connectivity index (χ0) is 19.4. The SMILES string of the molecule is COC(=O)N1CCC(NC(=O)c2c(C)nn(Cc3ccccc3)c2Cl)CC1. The summed E-state index contributed by atoms with van der Waals surface area (Å²) in [6.45, 7) is 3.39. The highest BCUT2D eigenvalue weighted by Gasteiger charge is 2.27. The molecule has 2 amide bonds. The van der Waals surface area contributed by atoms with Gasteiger partial charge in [-0.1, -0.05) is 41.9 Å². The first-order valence-corrected chi connectivity index (χ1v) is 9.28. The summed E-state index contributed by atoms with van der Waals surface area (Å²) >= 11 is 6.45. The van der Waals surface area contributed by atoms with E-state index in [1.165, 1.54) is 7.11 Å². The largest absolute Gasteiger partial charge is 0.453 e. The van der Waals surface area contributed by atoms with Crippen molar-refractivity contribution in [3.63, 3.8) is 0 Å². The minimum atomic E-state index is -0.333. The van der Waals surface area contributed by atoms with Crippen molar-refractivity contribution in [3.05, 3.63) is 52.3 Å². The molecule has 1 aliphatic rings. The number of methoxy groups -OCH3 is 1. The zero-order valence-electron chi connectivity index (χ0n) is 15.4. The van der Waals surface area contributed by atoms with Crippen LogP contribution in [0, 0.1) is 6.92 Å². The fourth-order valence-electron chi connectivity index (χ4n) is 3.27. The van der Waals surface area contributed by atoms with Gasteiger partial charge in [0.25, 0.3) is 5.91 Å². The topological polar surface area (TPSA) is 76.5 Å². The molecule has 1 saturated heterocycles. The van der Waals surface area contributed by atoms with Gasteiger partial charge in [-0.15, -0.1) is 0 Å². The van der Waals surface area contributed by atoms with E-state index in [-0.39, 0.29) is 18.0 Å². The average Bonchev–Trinajstić information content (AvgIpc) is 2.95. The number of carbonyl (C=O) groups is 2. The van der Waals surface area contributed by atoms with Gasteiger partial charge in [0.05, 0.1) is 24.9 Å². The van der Waals surface area contributed by atoms with Crippen LogP contribution in [-0.4, -0.2) is 52.9 Å². The molecule has 1 fully saturated rings. The molecule has 1 aromatic carbocycles. The van der Waals surface area contributed by atoms with Gasteiger partial charge in [-0.2, -0.15) is 5.10 Å². The molecule has 0 radical (unpaired) electrons. The minimum absolute atomic E-state index is 0.00801. The second kappa shape index (κ2) is 8.43. The van der Waals surface area contributed by atoms with E-state index in [4.69, 9.17) is 16.3 Å². The van der Waals surface area contributed by atoms with E-state index in [1.54, 1.807) is 16.5 Å². The monoisotopic (exact) mass is 390 g/mol. The Morgan fingerprint density at radius 1 is 1.26 bits per heavy atom. The molecule has 144 valence electrons. The van der Waals surface area contributed by atoms with Crippen LogP contribution in [0.25, 0.3) is 0 Å². The van der Waals surface area contributed by atoms with Crippen LogP contribution < -0.4 is 5.32 Å². The number of nitrogens with one attached hydrogen (secondary N) is 1. The van der Waals surface area contributed by atoms with Gasteiger partial charge in [-0.3, -0.25) is 4.79 Å². The average molecular weight is 391 g/mol. The molecule has 1 N–H and O–H groups in total. The van der Waals surface area contributed by atoms with E-state index in [1.807, 2.05) is 30.3 Å². The first-order valence-electron chi connectivity index (χ1n) is 8.90. The number of halogens is 1. The van der Waals surface area contributed by atoms with Crippen LogP contribution in [0.4, 0.5) is 4.79 Å². The molecule has 2 heterocycles. The Labute approximate surface area is 163 Å². The fraction of sp³-hybridized carbons (Fsp3) is 0.421. The molecule has 3 rings (SSSR count). The molecule has 7 nitrogen and oxygen atoms in total. The van der Waals surface area contributed by atoms with Gasteiger partial charge in [0.15, 0.2) is 0 Å². The van der Waals surface area contributed by atoms with Crippen molar-refractivity contribution in [2.24, 2.45) is 0 Å². The predicted molar refractivity (Wildman–Crippen MR) is 102 cm³/mol. The molecule has 0 bridgehead atoms. The van der Waals surface area contributed by atoms with Crippen LogP contribution in [-0.2, 0) is 11.3 Å². The van der Waals surface area contributed by atoms with Gasteiger partial charge < -0.3 is 15.0 Å².